The SMILES string of the molecule is CNC(=O)[C@@H]1CN(C)CCN(S(=O)(=O)C2CCCCC2)C1. The van der Waals surface area contributed by atoms with Gasteiger partial charge in [-0.3, -0.25) is 4.79 Å². The monoisotopic (exact) mass is 317 g/mol. The zero-order valence-electron chi connectivity index (χ0n) is 13.0. The quantitative estimate of drug-likeness (QED) is 0.810. The molecular weight excluding hydrogens is 290 g/mol. The van der Waals surface area contributed by atoms with Gasteiger partial charge in [-0.15, -0.1) is 0 Å². The molecule has 1 saturated carbocycles. The van der Waals surface area contributed by atoms with E-state index < -0.39 is 10.0 Å². The third-order valence-electron chi connectivity index (χ3n) is 4.64. The molecule has 0 aromatic carbocycles. The lowest BCUT2D eigenvalue weighted by Crippen LogP contribution is -2.45. The molecule has 0 radical (unpaired) electrons. The largest absolute Gasteiger partial charge is 0.359 e. The van der Waals surface area contributed by atoms with Gasteiger partial charge in [-0.05, 0) is 19.9 Å². The predicted molar refractivity (Wildman–Crippen MR) is 82.4 cm³/mol. The molecule has 0 bridgehead atoms. The molecule has 2 rings (SSSR count). The summed E-state index contributed by atoms with van der Waals surface area (Å²) in [5.41, 5.74) is 0. The van der Waals surface area contributed by atoms with Gasteiger partial charge in [0.1, 0.15) is 0 Å². The second kappa shape index (κ2) is 7.07. The first-order valence-corrected chi connectivity index (χ1v) is 9.34. The van der Waals surface area contributed by atoms with E-state index in [4.69, 9.17) is 0 Å². The molecule has 122 valence electrons. The minimum Gasteiger partial charge on any atom is -0.359 e. The maximum atomic E-state index is 12.8. The Bertz CT molecular complexity index is 460. The highest BCUT2D eigenvalue weighted by molar-refractivity contribution is 7.89. The smallest absolute Gasteiger partial charge is 0.225 e. The van der Waals surface area contributed by atoms with Gasteiger partial charge >= 0.3 is 0 Å². The zero-order chi connectivity index (χ0) is 15.5. The number of hydrogen-bond acceptors (Lipinski definition) is 4. The third kappa shape index (κ3) is 3.96. The molecule has 1 atom stereocenters. The molecule has 0 aromatic rings. The van der Waals surface area contributed by atoms with Gasteiger partial charge in [0.15, 0.2) is 0 Å². The molecule has 0 unspecified atom stereocenters. The van der Waals surface area contributed by atoms with Crippen LogP contribution in [0.2, 0.25) is 0 Å². The predicted octanol–water partition coefficient (Wildman–Crippen LogP) is 0.259. The lowest BCUT2D eigenvalue weighted by Gasteiger charge is -2.29. The number of nitrogens with one attached hydrogen (secondary N) is 1. The highest BCUT2D eigenvalue weighted by Gasteiger charge is 2.37. The maximum absolute atomic E-state index is 12.8. The van der Waals surface area contributed by atoms with Crippen molar-refractivity contribution in [1.29, 1.82) is 0 Å². The fraction of sp³-hybridized carbons (Fsp3) is 0.929. The Kier molecular flexibility index (Phi) is 5.62. The second-order valence-electron chi connectivity index (χ2n) is 6.24. The van der Waals surface area contributed by atoms with Crippen LogP contribution in [0.5, 0.6) is 0 Å². The van der Waals surface area contributed by atoms with Gasteiger partial charge in [0, 0.05) is 33.2 Å². The minimum absolute atomic E-state index is 0.0763. The zero-order valence-corrected chi connectivity index (χ0v) is 13.9. The number of nitrogens with zero attached hydrogens (tertiary/aromatic N) is 2. The van der Waals surface area contributed by atoms with Crippen molar-refractivity contribution in [2.45, 2.75) is 37.4 Å². The van der Waals surface area contributed by atoms with Gasteiger partial charge in [0.2, 0.25) is 15.9 Å². The molecule has 2 fully saturated rings. The van der Waals surface area contributed by atoms with Gasteiger partial charge in [-0.2, -0.15) is 4.31 Å². The van der Waals surface area contributed by atoms with Crippen LogP contribution < -0.4 is 5.32 Å². The maximum Gasteiger partial charge on any atom is 0.225 e. The highest BCUT2D eigenvalue weighted by Crippen LogP contribution is 2.27. The summed E-state index contributed by atoms with van der Waals surface area (Å²) in [6.45, 7) is 2.08. The van der Waals surface area contributed by atoms with Crippen molar-refractivity contribution in [3.05, 3.63) is 0 Å². The van der Waals surface area contributed by atoms with E-state index in [1.54, 1.807) is 11.4 Å². The average Bonchev–Trinajstić information content (AvgIpc) is 2.69. The summed E-state index contributed by atoms with van der Waals surface area (Å²) in [6, 6.07) is 0. The Labute approximate surface area is 127 Å². The molecule has 1 aliphatic heterocycles. The van der Waals surface area contributed by atoms with E-state index in [1.807, 2.05) is 11.9 Å². The van der Waals surface area contributed by atoms with Crippen LogP contribution in [0.4, 0.5) is 0 Å². The third-order valence-corrected chi connectivity index (χ3v) is 7.00. The van der Waals surface area contributed by atoms with Gasteiger partial charge < -0.3 is 10.2 Å². The molecule has 1 heterocycles. The summed E-state index contributed by atoms with van der Waals surface area (Å²) in [4.78, 5) is 14.0. The topological polar surface area (TPSA) is 69.7 Å². The van der Waals surface area contributed by atoms with Gasteiger partial charge in [-0.25, -0.2) is 8.42 Å². The fourth-order valence-corrected chi connectivity index (χ4v) is 5.39. The molecular formula is C14H27N3O3S. The summed E-state index contributed by atoms with van der Waals surface area (Å²) in [7, 11) is 0.262. The fourth-order valence-electron chi connectivity index (χ4n) is 3.32. The first-order valence-electron chi connectivity index (χ1n) is 7.84. The van der Waals surface area contributed by atoms with Crippen LogP contribution >= 0.6 is 0 Å². The Balaban J connectivity index is 2.14. The molecule has 6 nitrogen and oxygen atoms in total. The molecule has 1 aliphatic carbocycles. The molecule has 1 amide bonds. The molecule has 7 heteroatoms. The van der Waals surface area contributed by atoms with Crippen LogP contribution in [0.25, 0.3) is 0 Å². The molecule has 0 spiro atoms. The number of likely N-dealkylation sites (N-methyl/N-ethyl adjacent to an activating group) is 1. The van der Waals surface area contributed by atoms with Crippen molar-refractivity contribution in [2.75, 3.05) is 40.3 Å². The van der Waals surface area contributed by atoms with Crippen molar-refractivity contribution in [2.24, 2.45) is 5.92 Å². The number of carbonyl (C=O) groups is 1. The summed E-state index contributed by atoms with van der Waals surface area (Å²) in [5.74, 6) is -0.367. The van der Waals surface area contributed by atoms with Gasteiger partial charge in [-0.1, -0.05) is 19.3 Å². The van der Waals surface area contributed by atoms with Crippen LogP contribution in [-0.4, -0.2) is 69.1 Å². The van der Waals surface area contributed by atoms with Crippen molar-refractivity contribution in [1.82, 2.24) is 14.5 Å². The van der Waals surface area contributed by atoms with Gasteiger partial charge in [0.25, 0.3) is 0 Å². The van der Waals surface area contributed by atoms with Crippen LogP contribution in [0.15, 0.2) is 0 Å². The number of sulfonamides is 1. The van der Waals surface area contributed by atoms with Crippen LogP contribution in [-0.2, 0) is 14.8 Å². The van der Waals surface area contributed by atoms with Crippen molar-refractivity contribution in [3.63, 3.8) is 0 Å². The molecule has 1 N–H and O–H groups in total. The van der Waals surface area contributed by atoms with E-state index in [1.165, 1.54) is 0 Å². The van der Waals surface area contributed by atoms with E-state index >= 15 is 0 Å². The van der Waals surface area contributed by atoms with E-state index in [-0.39, 0.29) is 17.1 Å². The normalized spacial score (nSPS) is 27.2. The summed E-state index contributed by atoms with van der Waals surface area (Å²) >= 11 is 0. The number of hydrogen-bond donors (Lipinski definition) is 1. The lowest BCUT2D eigenvalue weighted by atomic mass is 10.0. The first-order chi connectivity index (χ1) is 9.95. The van der Waals surface area contributed by atoms with E-state index in [0.717, 1.165) is 32.1 Å². The Morgan fingerprint density at radius 1 is 1.10 bits per heavy atom. The highest BCUT2D eigenvalue weighted by atomic mass is 32.2. The number of rotatable bonds is 3. The molecule has 0 aromatic heterocycles. The molecule has 1 saturated heterocycles. The Hall–Kier alpha value is -0.660. The Morgan fingerprint density at radius 3 is 2.38 bits per heavy atom. The average molecular weight is 317 g/mol. The molecule has 21 heavy (non-hydrogen) atoms. The lowest BCUT2D eigenvalue weighted by molar-refractivity contribution is -0.124. The van der Waals surface area contributed by atoms with Crippen LogP contribution in [0, 0.1) is 5.92 Å². The first kappa shape index (κ1) is 16.7. The van der Waals surface area contributed by atoms with Crippen molar-refractivity contribution >= 4 is 15.9 Å². The summed E-state index contributed by atoms with van der Waals surface area (Å²) in [6.07, 6.45) is 4.65. The van der Waals surface area contributed by atoms with E-state index in [0.29, 0.717) is 26.2 Å². The summed E-state index contributed by atoms with van der Waals surface area (Å²) < 4.78 is 27.2. The standard InChI is InChI=1S/C14H27N3O3S/c1-15-14(18)12-10-16(2)8-9-17(11-12)21(19,20)13-6-4-3-5-7-13/h12-13H,3-11H2,1-2H3,(H,15,18)/t12-/m1/s1. The van der Waals surface area contributed by atoms with Gasteiger partial charge in [0.05, 0.1) is 11.2 Å². The second-order valence-corrected chi connectivity index (χ2v) is 8.45. The van der Waals surface area contributed by atoms with E-state index in [2.05, 4.69) is 5.32 Å². The number of carbonyl (C=O) groups excluding carboxylic acids is 1. The van der Waals surface area contributed by atoms with Crippen LogP contribution in [0.1, 0.15) is 32.1 Å². The van der Waals surface area contributed by atoms with Crippen molar-refractivity contribution < 1.29 is 13.2 Å². The molecule has 2 aliphatic rings. The van der Waals surface area contributed by atoms with Crippen molar-refractivity contribution in [3.8, 4) is 0 Å². The summed E-state index contributed by atoms with van der Waals surface area (Å²) in [5, 5.41) is 2.40. The minimum atomic E-state index is -3.28. The van der Waals surface area contributed by atoms with Crippen LogP contribution in [0.3, 0.4) is 0 Å². The Morgan fingerprint density at radius 2 is 1.76 bits per heavy atom. The van der Waals surface area contributed by atoms with E-state index in [9.17, 15) is 13.2 Å². The number of amides is 1.